The predicted molar refractivity (Wildman–Crippen MR) is 71.1 cm³/mol. The first-order valence-corrected chi connectivity index (χ1v) is 7.09. The lowest BCUT2D eigenvalue weighted by molar-refractivity contribution is -0.140. The van der Waals surface area contributed by atoms with E-state index in [4.69, 9.17) is 11.6 Å². The molecule has 0 spiro atoms. The Labute approximate surface area is 116 Å². The van der Waals surface area contributed by atoms with Gasteiger partial charge in [-0.05, 0) is 12.1 Å². The number of hydrogen-bond acceptors (Lipinski definition) is 5. The van der Waals surface area contributed by atoms with Crippen LogP contribution in [0.15, 0.2) is 18.3 Å². The molecule has 0 aliphatic rings. The molecule has 0 fully saturated rings. The molecule has 1 heterocycles. The van der Waals surface area contributed by atoms with E-state index < -0.39 is 16.2 Å². The number of ether oxygens (including phenoxy) is 1. The molecule has 0 bridgehead atoms. The summed E-state index contributed by atoms with van der Waals surface area (Å²) in [5, 5.41) is 0.178. The van der Waals surface area contributed by atoms with Crippen molar-refractivity contribution < 1.29 is 17.9 Å². The van der Waals surface area contributed by atoms with Crippen molar-refractivity contribution in [1.29, 1.82) is 0 Å². The van der Waals surface area contributed by atoms with E-state index in [0.29, 0.717) is 5.69 Å². The van der Waals surface area contributed by atoms with E-state index in [1.165, 1.54) is 32.5 Å². The van der Waals surface area contributed by atoms with E-state index in [9.17, 15) is 13.2 Å². The van der Waals surface area contributed by atoms with Gasteiger partial charge in [0.1, 0.15) is 5.15 Å². The van der Waals surface area contributed by atoms with E-state index in [2.05, 4.69) is 14.4 Å². The number of nitrogens with one attached hydrogen (secondary N) is 1. The maximum absolute atomic E-state index is 11.9. The molecule has 0 saturated heterocycles. The first-order valence-electron chi connectivity index (χ1n) is 5.27. The molecule has 0 aliphatic carbocycles. The van der Waals surface area contributed by atoms with Crippen molar-refractivity contribution in [3.05, 3.63) is 23.5 Å². The van der Waals surface area contributed by atoms with Gasteiger partial charge in [-0.25, -0.2) is 4.98 Å². The monoisotopic (exact) mass is 307 g/mol. The van der Waals surface area contributed by atoms with Crippen molar-refractivity contribution in [2.24, 2.45) is 0 Å². The summed E-state index contributed by atoms with van der Waals surface area (Å²) in [7, 11) is -1.15. The van der Waals surface area contributed by atoms with Crippen LogP contribution in [-0.2, 0) is 19.7 Å². The molecule has 106 valence electrons. The number of nitrogens with zero attached hydrogens (tertiary/aromatic N) is 2. The molecule has 0 aromatic carbocycles. The van der Waals surface area contributed by atoms with Crippen LogP contribution in [0, 0.1) is 0 Å². The fourth-order valence-electron chi connectivity index (χ4n) is 1.16. The lowest BCUT2D eigenvalue weighted by Crippen LogP contribution is -2.34. The largest absolute Gasteiger partial charge is 0.469 e. The second-order valence-corrected chi connectivity index (χ2v) is 5.79. The standard InChI is InChI=1S/C10H14ClN3O4S/c1-14(6-4-10(15)18-2)19(16,17)13-8-3-5-12-9(11)7-8/h3,5,7H,4,6H2,1-2H3,(H,12,13). The van der Waals surface area contributed by atoms with Crippen LogP contribution in [0.3, 0.4) is 0 Å². The SMILES string of the molecule is COC(=O)CCN(C)S(=O)(=O)Nc1ccnc(Cl)c1. The van der Waals surface area contributed by atoms with Crippen LogP contribution in [0.5, 0.6) is 0 Å². The number of anilines is 1. The summed E-state index contributed by atoms with van der Waals surface area (Å²) in [6, 6.07) is 2.85. The number of carbonyl (C=O) groups is 1. The zero-order valence-corrected chi connectivity index (χ0v) is 12.0. The van der Waals surface area contributed by atoms with Crippen molar-refractivity contribution in [3.63, 3.8) is 0 Å². The van der Waals surface area contributed by atoms with Gasteiger partial charge in [-0.1, -0.05) is 11.6 Å². The zero-order chi connectivity index (χ0) is 14.5. The fourth-order valence-corrected chi connectivity index (χ4v) is 2.25. The molecule has 19 heavy (non-hydrogen) atoms. The summed E-state index contributed by atoms with van der Waals surface area (Å²) in [5.74, 6) is -0.478. The van der Waals surface area contributed by atoms with E-state index in [1.807, 2.05) is 0 Å². The van der Waals surface area contributed by atoms with Gasteiger partial charge in [0.15, 0.2) is 0 Å². The second-order valence-electron chi connectivity index (χ2n) is 3.62. The van der Waals surface area contributed by atoms with Gasteiger partial charge in [0, 0.05) is 19.8 Å². The topological polar surface area (TPSA) is 88.6 Å². The normalized spacial score (nSPS) is 11.4. The highest BCUT2D eigenvalue weighted by Gasteiger charge is 2.18. The van der Waals surface area contributed by atoms with Crippen LogP contribution < -0.4 is 4.72 Å². The molecule has 0 saturated carbocycles. The van der Waals surface area contributed by atoms with Gasteiger partial charge in [0.05, 0.1) is 19.2 Å². The van der Waals surface area contributed by atoms with E-state index in [-0.39, 0.29) is 18.1 Å². The average Bonchev–Trinajstić information content (AvgIpc) is 2.34. The van der Waals surface area contributed by atoms with Crippen LogP contribution >= 0.6 is 11.6 Å². The Morgan fingerprint density at radius 3 is 2.84 bits per heavy atom. The lowest BCUT2D eigenvalue weighted by atomic mass is 10.4. The Bertz CT molecular complexity index is 549. The number of halogens is 1. The summed E-state index contributed by atoms with van der Waals surface area (Å²) in [5.41, 5.74) is 0.296. The summed E-state index contributed by atoms with van der Waals surface area (Å²) in [4.78, 5) is 14.7. The number of carbonyl (C=O) groups excluding carboxylic acids is 1. The van der Waals surface area contributed by atoms with Gasteiger partial charge < -0.3 is 4.74 Å². The van der Waals surface area contributed by atoms with Gasteiger partial charge in [0.2, 0.25) is 0 Å². The second kappa shape index (κ2) is 6.69. The molecule has 0 radical (unpaired) electrons. The van der Waals surface area contributed by atoms with E-state index >= 15 is 0 Å². The highest BCUT2D eigenvalue weighted by atomic mass is 35.5. The number of hydrogen-bond donors (Lipinski definition) is 1. The zero-order valence-electron chi connectivity index (χ0n) is 10.5. The third-order valence-corrected chi connectivity index (χ3v) is 3.95. The number of aromatic nitrogens is 1. The van der Waals surface area contributed by atoms with Crippen LogP contribution in [0.4, 0.5) is 5.69 Å². The highest BCUT2D eigenvalue weighted by Crippen LogP contribution is 2.14. The molecule has 0 aliphatic heterocycles. The number of esters is 1. The summed E-state index contributed by atoms with van der Waals surface area (Å²) in [6.07, 6.45) is 1.36. The van der Waals surface area contributed by atoms with Crippen molar-refractivity contribution in [3.8, 4) is 0 Å². The van der Waals surface area contributed by atoms with Crippen LogP contribution in [0.2, 0.25) is 5.15 Å². The van der Waals surface area contributed by atoms with Crippen molar-refractivity contribution in [2.75, 3.05) is 25.4 Å². The highest BCUT2D eigenvalue weighted by molar-refractivity contribution is 7.90. The van der Waals surface area contributed by atoms with Crippen molar-refractivity contribution >= 4 is 33.5 Å². The number of pyridine rings is 1. The summed E-state index contributed by atoms with van der Waals surface area (Å²) in [6.45, 7) is 0.0147. The summed E-state index contributed by atoms with van der Waals surface area (Å²) < 4.78 is 31.6. The maximum Gasteiger partial charge on any atom is 0.306 e. The average molecular weight is 308 g/mol. The Balaban J connectivity index is 2.67. The van der Waals surface area contributed by atoms with Crippen LogP contribution in [0.1, 0.15) is 6.42 Å². The molecular weight excluding hydrogens is 294 g/mol. The quantitative estimate of drug-likeness (QED) is 0.623. The molecule has 1 rings (SSSR count). The minimum Gasteiger partial charge on any atom is -0.469 e. The molecule has 1 aromatic rings. The minimum atomic E-state index is -3.74. The fraction of sp³-hybridized carbons (Fsp3) is 0.400. The number of rotatable bonds is 6. The predicted octanol–water partition coefficient (Wildman–Crippen LogP) is 0.887. The molecule has 1 N–H and O–H groups in total. The molecule has 1 aromatic heterocycles. The number of methoxy groups -OCH3 is 1. The van der Waals surface area contributed by atoms with Gasteiger partial charge in [-0.3, -0.25) is 9.52 Å². The Kier molecular flexibility index (Phi) is 5.52. The molecule has 9 heteroatoms. The van der Waals surface area contributed by atoms with Crippen LogP contribution in [-0.4, -0.2) is 44.4 Å². The minimum absolute atomic E-state index is 0.0147. The third-order valence-electron chi connectivity index (χ3n) is 2.24. The molecule has 0 amide bonds. The Hall–Kier alpha value is -1.38. The summed E-state index contributed by atoms with van der Waals surface area (Å²) >= 11 is 5.65. The molecule has 7 nitrogen and oxygen atoms in total. The third kappa shape index (κ3) is 5.01. The molecular formula is C10H14ClN3O4S. The van der Waals surface area contributed by atoms with Gasteiger partial charge >= 0.3 is 16.2 Å². The van der Waals surface area contributed by atoms with E-state index in [1.54, 1.807) is 0 Å². The molecule has 0 atom stereocenters. The Morgan fingerprint density at radius 2 is 2.26 bits per heavy atom. The first-order chi connectivity index (χ1) is 8.85. The van der Waals surface area contributed by atoms with Gasteiger partial charge in [0.25, 0.3) is 0 Å². The van der Waals surface area contributed by atoms with Crippen molar-refractivity contribution in [2.45, 2.75) is 6.42 Å². The van der Waals surface area contributed by atoms with Gasteiger partial charge in [-0.2, -0.15) is 12.7 Å². The molecule has 0 unspecified atom stereocenters. The van der Waals surface area contributed by atoms with Gasteiger partial charge in [-0.15, -0.1) is 0 Å². The van der Waals surface area contributed by atoms with Crippen molar-refractivity contribution in [1.82, 2.24) is 9.29 Å². The maximum atomic E-state index is 11.9. The first kappa shape index (κ1) is 15.7. The Morgan fingerprint density at radius 1 is 1.58 bits per heavy atom. The lowest BCUT2D eigenvalue weighted by Gasteiger charge is -2.17. The van der Waals surface area contributed by atoms with E-state index in [0.717, 1.165) is 4.31 Å². The smallest absolute Gasteiger partial charge is 0.306 e. The van der Waals surface area contributed by atoms with Crippen LogP contribution in [0.25, 0.3) is 0 Å².